The summed E-state index contributed by atoms with van der Waals surface area (Å²) in [4.78, 5) is 8.33. The molecule has 1 aromatic carbocycles. The largest absolute Gasteiger partial charge is 0.252 e. The molecule has 0 spiro atoms. The molecule has 0 aliphatic carbocycles. The molecule has 0 saturated carbocycles. The number of aromatic nitrogens is 4. The summed E-state index contributed by atoms with van der Waals surface area (Å²) in [5.41, 5.74) is 2.10. The molecule has 2 heterocycles. The van der Waals surface area contributed by atoms with E-state index in [9.17, 15) is 5.26 Å². The Bertz CT molecular complexity index is 865. The summed E-state index contributed by atoms with van der Waals surface area (Å²) in [6.07, 6.45) is 1.41. The van der Waals surface area contributed by atoms with Gasteiger partial charge >= 0.3 is 0 Å². The molecular weight excluding hydrogens is 309 g/mol. The molecule has 1 atom stereocenters. The van der Waals surface area contributed by atoms with Crippen molar-refractivity contribution in [2.45, 2.75) is 12.8 Å². The highest BCUT2D eigenvalue weighted by Gasteiger charge is 2.21. The van der Waals surface area contributed by atoms with E-state index in [0.717, 1.165) is 5.69 Å². The number of aryl methyl sites for hydroxylation is 1. The average Bonchev–Trinajstić information content (AvgIpc) is 2.89. The maximum absolute atomic E-state index is 9.59. The second-order valence-corrected chi connectivity index (χ2v) is 5.37. The van der Waals surface area contributed by atoms with Crippen molar-refractivity contribution < 1.29 is 0 Å². The highest BCUT2D eigenvalue weighted by molar-refractivity contribution is 6.35. The van der Waals surface area contributed by atoms with E-state index in [2.05, 4.69) is 21.1 Å². The topological polar surface area (TPSA) is 66.9 Å². The van der Waals surface area contributed by atoms with Crippen LogP contribution in [0.4, 0.5) is 0 Å². The van der Waals surface area contributed by atoms with Gasteiger partial charge in [-0.25, -0.2) is 4.98 Å². The number of halogens is 2. The summed E-state index contributed by atoms with van der Waals surface area (Å²) >= 11 is 12.1. The van der Waals surface area contributed by atoms with Crippen LogP contribution in [0.2, 0.25) is 10.0 Å². The number of hydrogen-bond acceptors (Lipinski definition) is 4. The zero-order valence-corrected chi connectivity index (χ0v) is 12.5. The van der Waals surface area contributed by atoms with Crippen LogP contribution < -0.4 is 0 Å². The standard InChI is InChI=1S/C14H9Cl2N5/c1-8-4-13(21-14(20-8)18-7-19-21)11(6-17)10-3-2-9(15)5-12(10)16/h2-5,7,11H,1H3/t11-/m0/s1. The predicted molar refractivity (Wildman–Crippen MR) is 79.4 cm³/mol. The number of nitriles is 1. The molecule has 0 fully saturated rings. The Morgan fingerprint density at radius 2 is 2.10 bits per heavy atom. The highest BCUT2D eigenvalue weighted by atomic mass is 35.5. The fourth-order valence-electron chi connectivity index (χ4n) is 2.20. The van der Waals surface area contributed by atoms with Gasteiger partial charge in [0.25, 0.3) is 5.78 Å². The Hall–Kier alpha value is -2.16. The van der Waals surface area contributed by atoms with Gasteiger partial charge in [0.05, 0.1) is 11.8 Å². The smallest absolute Gasteiger partial charge is 0.216 e. The van der Waals surface area contributed by atoms with Gasteiger partial charge in [0.2, 0.25) is 0 Å². The van der Waals surface area contributed by atoms with Crippen LogP contribution in [0.3, 0.4) is 0 Å². The molecule has 0 N–H and O–H groups in total. The number of fused-ring (bicyclic) bond motifs is 1. The first-order chi connectivity index (χ1) is 10.1. The van der Waals surface area contributed by atoms with Gasteiger partial charge < -0.3 is 0 Å². The van der Waals surface area contributed by atoms with Crippen LogP contribution in [0.5, 0.6) is 0 Å². The van der Waals surface area contributed by atoms with Crippen molar-refractivity contribution in [2.24, 2.45) is 0 Å². The lowest BCUT2D eigenvalue weighted by atomic mass is 9.96. The SMILES string of the molecule is Cc1cc([C@@H](C#N)c2ccc(Cl)cc2Cl)n2ncnc2n1. The molecule has 7 heteroatoms. The Morgan fingerprint density at radius 1 is 1.29 bits per heavy atom. The fraction of sp³-hybridized carbons (Fsp3) is 0.143. The number of rotatable bonds is 2. The monoisotopic (exact) mass is 317 g/mol. The Kier molecular flexibility index (Phi) is 3.50. The Labute approximate surface area is 130 Å². The van der Waals surface area contributed by atoms with E-state index >= 15 is 0 Å². The molecule has 0 radical (unpaired) electrons. The zero-order valence-electron chi connectivity index (χ0n) is 11.0. The van der Waals surface area contributed by atoms with Gasteiger partial charge in [0.1, 0.15) is 12.2 Å². The molecule has 0 aliphatic heterocycles. The minimum Gasteiger partial charge on any atom is -0.216 e. The quantitative estimate of drug-likeness (QED) is 0.726. The van der Waals surface area contributed by atoms with Crippen LogP contribution in [0.25, 0.3) is 5.78 Å². The number of nitrogens with zero attached hydrogens (tertiary/aromatic N) is 5. The van der Waals surface area contributed by atoms with Crippen molar-refractivity contribution in [3.8, 4) is 6.07 Å². The van der Waals surface area contributed by atoms with Crippen LogP contribution in [-0.2, 0) is 0 Å². The molecule has 3 rings (SSSR count). The summed E-state index contributed by atoms with van der Waals surface area (Å²) in [7, 11) is 0. The van der Waals surface area contributed by atoms with Gasteiger partial charge in [0, 0.05) is 15.7 Å². The maximum Gasteiger partial charge on any atom is 0.252 e. The van der Waals surface area contributed by atoms with Gasteiger partial charge in [-0.1, -0.05) is 29.3 Å². The number of hydrogen-bond donors (Lipinski definition) is 0. The first-order valence-corrected chi connectivity index (χ1v) is 6.87. The van der Waals surface area contributed by atoms with E-state index in [1.54, 1.807) is 28.8 Å². The maximum atomic E-state index is 9.59. The predicted octanol–water partition coefficient (Wildman–Crippen LogP) is 3.40. The van der Waals surface area contributed by atoms with Crippen LogP contribution in [0, 0.1) is 18.3 Å². The zero-order chi connectivity index (χ0) is 15.0. The minimum absolute atomic E-state index is 0.441. The van der Waals surface area contributed by atoms with Crippen molar-refractivity contribution in [1.29, 1.82) is 5.26 Å². The molecule has 104 valence electrons. The normalized spacial score (nSPS) is 12.3. The van der Waals surface area contributed by atoms with Gasteiger partial charge in [0.15, 0.2) is 0 Å². The average molecular weight is 318 g/mol. The second kappa shape index (κ2) is 5.32. The van der Waals surface area contributed by atoms with E-state index in [4.69, 9.17) is 23.2 Å². The summed E-state index contributed by atoms with van der Waals surface area (Å²) in [5.74, 6) is -0.129. The summed E-state index contributed by atoms with van der Waals surface area (Å²) in [6.45, 7) is 1.84. The molecule has 0 bridgehead atoms. The lowest BCUT2D eigenvalue weighted by Crippen LogP contribution is -2.09. The molecular formula is C14H9Cl2N5. The third-order valence-electron chi connectivity index (χ3n) is 3.11. The summed E-state index contributed by atoms with van der Waals surface area (Å²) < 4.78 is 1.55. The van der Waals surface area contributed by atoms with Crippen LogP contribution in [-0.4, -0.2) is 19.6 Å². The molecule has 2 aromatic heterocycles. The fourth-order valence-corrected chi connectivity index (χ4v) is 2.71. The molecule has 0 unspecified atom stereocenters. The lowest BCUT2D eigenvalue weighted by molar-refractivity contribution is 0.818. The Balaban J connectivity index is 2.23. The molecule has 0 aliphatic rings. The first-order valence-electron chi connectivity index (χ1n) is 6.12. The second-order valence-electron chi connectivity index (χ2n) is 4.52. The van der Waals surface area contributed by atoms with E-state index in [0.29, 0.717) is 27.1 Å². The van der Waals surface area contributed by atoms with Crippen LogP contribution in [0.1, 0.15) is 22.9 Å². The minimum atomic E-state index is -0.583. The van der Waals surface area contributed by atoms with E-state index in [1.807, 2.05) is 6.92 Å². The van der Waals surface area contributed by atoms with E-state index in [1.165, 1.54) is 6.33 Å². The van der Waals surface area contributed by atoms with Gasteiger partial charge in [-0.2, -0.15) is 19.9 Å². The number of benzene rings is 1. The molecule has 21 heavy (non-hydrogen) atoms. The van der Waals surface area contributed by atoms with Crippen LogP contribution in [0.15, 0.2) is 30.6 Å². The van der Waals surface area contributed by atoms with E-state index in [-0.39, 0.29) is 0 Å². The first kappa shape index (κ1) is 13.8. The molecule has 0 saturated heterocycles. The van der Waals surface area contributed by atoms with Gasteiger partial charge in [-0.05, 0) is 30.7 Å². The van der Waals surface area contributed by atoms with Gasteiger partial charge in [-0.15, -0.1) is 0 Å². The van der Waals surface area contributed by atoms with Crippen molar-refractivity contribution >= 4 is 29.0 Å². The highest BCUT2D eigenvalue weighted by Crippen LogP contribution is 2.31. The summed E-state index contributed by atoms with van der Waals surface area (Å²) in [5, 5.41) is 14.7. The third kappa shape index (κ3) is 2.44. The van der Waals surface area contributed by atoms with Crippen molar-refractivity contribution in [3.63, 3.8) is 0 Å². The lowest BCUT2D eigenvalue weighted by Gasteiger charge is -2.13. The van der Waals surface area contributed by atoms with Crippen LogP contribution >= 0.6 is 23.2 Å². The molecule has 3 aromatic rings. The van der Waals surface area contributed by atoms with E-state index < -0.39 is 5.92 Å². The molecule has 5 nitrogen and oxygen atoms in total. The molecule has 0 amide bonds. The summed E-state index contributed by atoms with van der Waals surface area (Å²) in [6, 6.07) is 9.14. The van der Waals surface area contributed by atoms with Crippen molar-refractivity contribution in [3.05, 3.63) is 57.6 Å². The van der Waals surface area contributed by atoms with Gasteiger partial charge in [-0.3, -0.25) is 0 Å². The Morgan fingerprint density at radius 3 is 2.81 bits per heavy atom. The van der Waals surface area contributed by atoms with Crippen molar-refractivity contribution in [2.75, 3.05) is 0 Å². The van der Waals surface area contributed by atoms with Crippen molar-refractivity contribution in [1.82, 2.24) is 19.6 Å². The third-order valence-corrected chi connectivity index (χ3v) is 3.67.